The third-order valence-electron chi connectivity index (χ3n) is 4.61. The Labute approximate surface area is 180 Å². The molecular weight excluding hydrogens is 400 g/mol. The lowest BCUT2D eigenvalue weighted by molar-refractivity contribution is -0.121. The Morgan fingerprint density at radius 2 is 2.07 bits per heavy atom. The first-order valence-corrected chi connectivity index (χ1v) is 10.9. The summed E-state index contributed by atoms with van der Waals surface area (Å²) >= 11 is 1.28. The van der Waals surface area contributed by atoms with Gasteiger partial charge in [-0.3, -0.25) is 19.4 Å². The smallest absolute Gasteiger partial charge is 0.220 e. The van der Waals surface area contributed by atoms with Gasteiger partial charge in [0.2, 0.25) is 11.7 Å². The minimum Gasteiger partial charge on any atom is -0.346 e. The van der Waals surface area contributed by atoms with Gasteiger partial charge in [0.1, 0.15) is 0 Å². The highest BCUT2D eigenvalue weighted by Crippen LogP contribution is 2.13. The molecule has 0 saturated heterocycles. The number of rotatable bonds is 12. The molecule has 0 aliphatic rings. The summed E-state index contributed by atoms with van der Waals surface area (Å²) in [5.41, 5.74) is 7.38. The molecule has 0 saturated carbocycles. The quantitative estimate of drug-likeness (QED) is 0.398. The number of nitrogens with zero attached hydrogens (tertiary/aromatic N) is 2. The van der Waals surface area contributed by atoms with Gasteiger partial charge in [0.15, 0.2) is 17.0 Å². The number of aromatic nitrogens is 1. The van der Waals surface area contributed by atoms with Gasteiger partial charge in [-0.15, -0.1) is 11.3 Å². The average Bonchev–Trinajstić information content (AvgIpc) is 3.28. The number of aryl methyl sites for hydroxylation is 1. The highest BCUT2D eigenvalue weighted by Gasteiger charge is 2.23. The molecule has 7 nitrogen and oxygen atoms in total. The van der Waals surface area contributed by atoms with Gasteiger partial charge in [-0.1, -0.05) is 44.0 Å². The van der Waals surface area contributed by atoms with Gasteiger partial charge in [0, 0.05) is 24.2 Å². The average molecular weight is 429 g/mol. The van der Waals surface area contributed by atoms with Crippen LogP contribution in [0.5, 0.6) is 0 Å². The molecule has 1 aromatic carbocycles. The second kappa shape index (κ2) is 12.1. The SMILES string of the molecule is CCCCC(NC(=O)CCc1ccccc1/C=N\C(N)C(C)=O)C(=O)c1nccs1. The number of unbranched alkanes of at least 4 members (excludes halogenated alkanes) is 1. The summed E-state index contributed by atoms with van der Waals surface area (Å²) in [5.74, 6) is -0.545. The number of amides is 1. The minimum atomic E-state index is -0.891. The Kier molecular flexibility index (Phi) is 9.50. The molecule has 2 aromatic rings. The van der Waals surface area contributed by atoms with Crippen molar-refractivity contribution in [3.05, 3.63) is 52.0 Å². The summed E-state index contributed by atoms with van der Waals surface area (Å²) in [6.45, 7) is 3.43. The summed E-state index contributed by atoms with van der Waals surface area (Å²) in [7, 11) is 0. The largest absolute Gasteiger partial charge is 0.346 e. The summed E-state index contributed by atoms with van der Waals surface area (Å²) in [4.78, 5) is 44.6. The molecule has 160 valence electrons. The molecule has 0 bridgehead atoms. The molecular formula is C22H28N4O3S. The molecule has 2 atom stereocenters. The number of Topliss-reactive ketones (excluding diaryl/α,β-unsaturated/α-hetero) is 2. The van der Waals surface area contributed by atoms with E-state index in [1.165, 1.54) is 18.3 Å². The van der Waals surface area contributed by atoms with Crippen molar-refractivity contribution in [1.29, 1.82) is 0 Å². The molecule has 0 aliphatic carbocycles. The van der Waals surface area contributed by atoms with E-state index in [4.69, 9.17) is 5.73 Å². The molecule has 30 heavy (non-hydrogen) atoms. The van der Waals surface area contributed by atoms with Crippen molar-refractivity contribution in [1.82, 2.24) is 10.3 Å². The monoisotopic (exact) mass is 428 g/mol. The van der Waals surface area contributed by atoms with E-state index in [1.807, 2.05) is 31.2 Å². The van der Waals surface area contributed by atoms with Crippen LogP contribution in [0.2, 0.25) is 0 Å². The summed E-state index contributed by atoms with van der Waals surface area (Å²) in [6, 6.07) is 6.94. The first-order chi connectivity index (χ1) is 14.4. The van der Waals surface area contributed by atoms with Crippen molar-refractivity contribution in [3.63, 3.8) is 0 Å². The topological polar surface area (TPSA) is 115 Å². The number of nitrogens with two attached hydrogens (primary N) is 1. The second-order valence-corrected chi connectivity index (χ2v) is 7.89. The standard InChI is InChI=1S/C22H28N4O3S/c1-3-4-9-18(20(29)22-24-12-13-30-22)26-19(28)11-10-16-7-5-6-8-17(16)14-25-21(23)15(2)27/h5-8,12-14,18,21H,3-4,9-11,23H2,1-2H3,(H,26,28)/b25-14-. The molecule has 1 amide bonds. The number of carbonyl (C=O) groups is 3. The van der Waals surface area contributed by atoms with Crippen LogP contribution in [0.1, 0.15) is 60.5 Å². The lowest BCUT2D eigenvalue weighted by Gasteiger charge is -2.16. The molecule has 0 fully saturated rings. The van der Waals surface area contributed by atoms with Crippen LogP contribution in [-0.2, 0) is 16.0 Å². The predicted molar refractivity (Wildman–Crippen MR) is 119 cm³/mol. The van der Waals surface area contributed by atoms with E-state index in [9.17, 15) is 14.4 Å². The maximum absolute atomic E-state index is 12.7. The number of nitrogens with one attached hydrogen (secondary N) is 1. The Hall–Kier alpha value is -2.71. The van der Waals surface area contributed by atoms with Gasteiger partial charge in [0.25, 0.3) is 0 Å². The Morgan fingerprint density at radius 1 is 1.30 bits per heavy atom. The van der Waals surface area contributed by atoms with E-state index >= 15 is 0 Å². The molecule has 1 aromatic heterocycles. The first-order valence-electron chi connectivity index (χ1n) is 10.0. The predicted octanol–water partition coefficient (Wildman–Crippen LogP) is 2.93. The van der Waals surface area contributed by atoms with E-state index in [2.05, 4.69) is 15.3 Å². The van der Waals surface area contributed by atoms with E-state index < -0.39 is 12.2 Å². The number of aliphatic imine (C=N–C) groups is 1. The fraction of sp³-hybridized carbons (Fsp3) is 0.409. The van der Waals surface area contributed by atoms with Crippen LogP contribution < -0.4 is 11.1 Å². The van der Waals surface area contributed by atoms with E-state index in [-0.39, 0.29) is 23.9 Å². The van der Waals surface area contributed by atoms with Crippen LogP contribution in [0.3, 0.4) is 0 Å². The molecule has 0 spiro atoms. The number of hydrogen-bond donors (Lipinski definition) is 2. The zero-order valence-electron chi connectivity index (χ0n) is 17.3. The third-order valence-corrected chi connectivity index (χ3v) is 5.40. The Bertz CT molecular complexity index is 880. The van der Waals surface area contributed by atoms with Gasteiger partial charge in [-0.25, -0.2) is 4.98 Å². The van der Waals surface area contributed by atoms with Crippen molar-refractivity contribution in [2.75, 3.05) is 0 Å². The normalized spacial score (nSPS) is 13.2. The molecule has 0 radical (unpaired) electrons. The van der Waals surface area contributed by atoms with Crippen LogP contribution in [0.15, 0.2) is 40.8 Å². The van der Waals surface area contributed by atoms with Crippen molar-refractivity contribution in [2.45, 2.75) is 58.2 Å². The number of thiazole rings is 1. The highest BCUT2D eigenvalue weighted by atomic mass is 32.1. The van der Waals surface area contributed by atoms with E-state index in [1.54, 1.807) is 17.8 Å². The molecule has 8 heteroatoms. The molecule has 2 unspecified atom stereocenters. The molecule has 2 rings (SSSR count). The highest BCUT2D eigenvalue weighted by molar-refractivity contribution is 7.11. The maximum Gasteiger partial charge on any atom is 0.220 e. The van der Waals surface area contributed by atoms with E-state index in [0.717, 1.165) is 24.0 Å². The number of hydrogen-bond acceptors (Lipinski definition) is 7. The fourth-order valence-electron chi connectivity index (χ4n) is 2.84. The summed E-state index contributed by atoms with van der Waals surface area (Å²) < 4.78 is 0. The zero-order valence-corrected chi connectivity index (χ0v) is 18.2. The molecule has 1 heterocycles. The van der Waals surface area contributed by atoms with Crippen LogP contribution in [-0.4, -0.2) is 40.9 Å². The molecule has 0 aliphatic heterocycles. The second-order valence-electron chi connectivity index (χ2n) is 7.00. The van der Waals surface area contributed by atoms with Crippen LogP contribution in [0.4, 0.5) is 0 Å². The summed E-state index contributed by atoms with van der Waals surface area (Å²) in [6.07, 6.45) is 5.35. The van der Waals surface area contributed by atoms with Crippen molar-refractivity contribution >= 4 is 35.0 Å². The number of ketones is 2. The zero-order chi connectivity index (χ0) is 21.9. The fourth-order valence-corrected chi connectivity index (χ4v) is 3.47. The van der Waals surface area contributed by atoms with Crippen LogP contribution in [0, 0.1) is 0 Å². The molecule has 3 N–H and O–H groups in total. The number of carbonyl (C=O) groups excluding carboxylic acids is 3. The first kappa shape index (κ1) is 23.6. The van der Waals surface area contributed by atoms with Crippen molar-refractivity contribution in [3.8, 4) is 0 Å². The number of benzene rings is 1. The Balaban J connectivity index is 2.00. The van der Waals surface area contributed by atoms with Crippen molar-refractivity contribution in [2.24, 2.45) is 10.7 Å². The van der Waals surface area contributed by atoms with Gasteiger partial charge in [0.05, 0.1) is 6.04 Å². The lowest BCUT2D eigenvalue weighted by Crippen LogP contribution is -2.41. The van der Waals surface area contributed by atoms with Crippen molar-refractivity contribution < 1.29 is 14.4 Å². The summed E-state index contributed by atoms with van der Waals surface area (Å²) in [5, 5.41) is 5.04. The van der Waals surface area contributed by atoms with Gasteiger partial charge < -0.3 is 11.1 Å². The van der Waals surface area contributed by atoms with Gasteiger partial charge in [-0.05, 0) is 30.9 Å². The lowest BCUT2D eigenvalue weighted by atomic mass is 10.0. The van der Waals surface area contributed by atoms with Crippen LogP contribution in [0.25, 0.3) is 0 Å². The minimum absolute atomic E-state index is 0.141. The third kappa shape index (κ3) is 7.27. The van der Waals surface area contributed by atoms with Crippen LogP contribution >= 0.6 is 11.3 Å². The Morgan fingerprint density at radius 3 is 2.73 bits per heavy atom. The van der Waals surface area contributed by atoms with Gasteiger partial charge >= 0.3 is 0 Å². The van der Waals surface area contributed by atoms with E-state index in [0.29, 0.717) is 17.8 Å². The maximum atomic E-state index is 12.7. The van der Waals surface area contributed by atoms with Gasteiger partial charge in [-0.2, -0.15) is 0 Å².